The van der Waals surface area contributed by atoms with Gasteiger partial charge in [0.25, 0.3) is 0 Å². The molecule has 94 valence electrons. The minimum absolute atomic E-state index is 0.278. The first-order valence-electron chi connectivity index (χ1n) is 6.06. The molecule has 0 bridgehead atoms. The minimum Gasteiger partial charge on any atom is -0.312 e. The normalized spacial score (nSPS) is 17.1. The maximum Gasteiger partial charge on any atom is 0.130 e. The fourth-order valence-electron chi connectivity index (χ4n) is 1.65. The Bertz CT molecular complexity index is 378. The molecular weight excluding hydrogens is 222 g/mol. The summed E-state index contributed by atoms with van der Waals surface area (Å²) in [6.45, 7) is 3.36. The fraction of sp³-hybridized carbons (Fsp3) is 0.538. The third kappa shape index (κ3) is 4.06. The van der Waals surface area contributed by atoms with Gasteiger partial charge >= 0.3 is 0 Å². The number of rotatable bonds is 6. The molecule has 0 amide bonds. The molecule has 1 fully saturated rings. The summed E-state index contributed by atoms with van der Waals surface area (Å²) in [5.74, 6) is -1.02. The van der Waals surface area contributed by atoms with Crippen LogP contribution in [0.2, 0.25) is 0 Å². The Morgan fingerprint density at radius 3 is 2.76 bits per heavy atom. The molecule has 0 spiro atoms. The van der Waals surface area contributed by atoms with Gasteiger partial charge in [0, 0.05) is 36.8 Å². The van der Waals surface area contributed by atoms with E-state index in [4.69, 9.17) is 0 Å². The van der Waals surface area contributed by atoms with Gasteiger partial charge in [0.2, 0.25) is 0 Å². The second-order valence-corrected chi connectivity index (χ2v) is 4.70. The van der Waals surface area contributed by atoms with Gasteiger partial charge in [0.05, 0.1) is 0 Å². The standard InChI is InChI=1S/C13H18F2N2/c1-9(7-17-12-4-5-12)16-8-10-2-3-11(14)6-13(10)15/h2-3,6,9,12,16-17H,4-5,7-8H2,1H3. The van der Waals surface area contributed by atoms with Gasteiger partial charge in [0.15, 0.2) is 0 Å². The molecule has 0 heterocycles. The zero-order valence-corrected chi connectivity index (χ0v) is 9.97. The number of nitrogens with one attached hydrogen (secondary N) is 2. The molecule has 0 saturated heterocycles. The van der Waals surface area contributed by atoms with Crippen LogP contribution in [-0.2, 0) is 6.54 Å². The van der Waals surface area contributed by atoms with Gasteiger partial charge in [-0.2, -0.15) is 0 Å². The lowest BCUT2D eigenvalue weighted by Gasteiger charge is -2.14. The van der Waals surface area contributed by atoms with Crippen LogP contribution in [0.15, 0.2) is 18.2 Å². The highest BCUT2D eigenvalue weighted by Crippen LogP contribution is 2.18. The van der Waals surface area contributed by atoms with Crippen LogP contribution in [0.1, 0.15) is 25.3 Å². The van der Waals surface area contributed by atoms with E-state index in [0.717, 1.165) is 12.6 Å². The molecule has 2 N–H and O–H groups in total. The molecule has 1 unspecified atom stereocenters. The molecule has 0 aromatic heterocycles. The Hall–Kier alpha value is -1.00. The number of hydrogen-bond donors (Lipinski definition) is 2. The summed E-state index contributed by atoms with van der Waals surface area (Å²) in [5.41, 5.74) is 0.504. The maximum atomic E-state index is 13.3. The van der Waals surface area contributed by atoms with Crippen LogP contribution >= 0.6 is 0 Å². The van der Waals surface area contributed by atoms with Crippen LogP contribution < -0.4 is 10.6 Å². The Morgan fingerprint density at radius 1 is 1.35 bits per heavy atom. The van der Waals surface area contributed by atoms with E-state index < -0.39 is 11.6 Å². The highest BCUT2D eigenvalue weighted by molar-refractivity contribution is 5.18. The lowest BCUT2D eigenvalue weighted by atomic mass is 10.2. The van der Waals surface area contributed by atoms with Crippen molar-refractivity contribution in [3.63, 3.8) is 0 Å². The van der Waals surface area contributed by atoms with E-state index in [1.807, 2.05) is 0 Å². The van der Waals surface area contributed by atoms with Crippen LogP contribution in [0.4, 0.5) is 8.78 Å². The average molecular weight is 240 g/mol. The lowest BCUT2D eigenvalue weighted by Crippen LogP contribution is -2.36. The van der Waals surface area contributed by atoms with Gasteiger partial charge in [-0.15, -0.1) is 0 Å². The van der Waals surface area contributed by atoms with Crippen molar-refractivity contribution in [1.82, 2.24) is 10.6 Å². The van der Waals surface area contributed by atoms with Crippen molar-refractivity contribution in [2.24, 2.45) is 0 Å². The first kappa shape index (κ1) is 12.5. The number of halogens is 2. The largest absolute Gasteiger partial charge is 0.312 e. The summed E-state index contributed by atoms with van der Waals surface area (Å²) in [5, 5.41) is 6.62. The Morgan fingerprint density at radius 2 is 2.12 bits per heavy atom. The van der Waals surface area contributed by atoms with Crippen molar-refractivity contribution in [1.29, 1.82) is 0 Å². The molecule has 2 rings (SSSR count). The van der Waals surface area contributed by atoms with E-state index in [1.54, 1.807) is 0 Å². The minimum atomic E-state index is -0.533. The molecule has 2 nitrogen and oxygen atoms in total. The Labute approximate surface area is 100 Å². The van der Waals surface area contributed by atoms with Crippen LogP contribution in [0, 0.1) is 11.6 Å². The summed E-state index contributed by atoms with van der Waals surface area (Å²) in [6, 6.07) is 4.65. The summed E-state index contributed by atoms with van der Waals surface area (Å²) in [4.78, 5) is 0. The van der Waals surface area contributed by atoms with Gasteiger partial charge in [-0.3, -0.25) is 0 Å². The van der Waals surface area contributed by atoms with Gasteiger partial charge in [0.1, 0.15) is 11.6 Å². The molecule has 1 aliphatic rings. The van der Waals surface area contributed by atoms with Crippen molar-refractivity contribution >= 4 is 0 Å². The Balaban J connectivity index is 1.75. The van der Waals surface area contributed by atoms with Crippen LogP contribution in [-0.4, -0.2) is 18.6 Å². The second-order valence-electron chi connectivity index (χ2n) is 4.70. The quantitative estimate of drug-likeness (QED) is 0.796. The fourth-order valence-corrected chi connectivity index (χ4v) is 1.65. The number of benzene rings is 1. The van der Waals surface area contributed by atoms with Crippen molar-refractivity contribution in [3.05, 3.63) is 35.4 Å². The summed E-state index contributed by atoms with van der Waals surface area (Å²) in [7, 11) is 0. The van der Waals surface area contributed by atoms with E-state index in [1.165, 1.54) is 25.0 Å². The van der Waals surface area contributed by atoms with Crippen LogP contribution in [0.25, 0.3) is 0 Å². The van der Waals surface area contributed by atoms with E-state index in [0.29, 0.717) is 18.2 Å². The van der Waals surface area contributed by atoms with E-state index >= 15 is 0 Å². The Kier molecular flexibility index (Phi) is 4.07. The zero-order valence-electron chi connectivity index (χ0n) is 9.97. The first-order chi connectivity index (χ1) is 8.15. The predicted octanol–water partition coefficient (Wildman–Crippen LogP) is 2.19. The molecule has 4 heteroatoms. The van der Waals surface area contributed by atoms with E-state index in [9.17, 15) is 8.78 Å². The summed E-state index contributed by atoms with van der Waals surface area (Å²) >= 11 is 0. The first-order valence-corrected chi connectivity index (χ1v) is 6.06. The van der Waals surface area contributed by atoms with Crippen molar-refractivity contribution in [2.45, 2.75) is 38.4 Å². The third-order valence-corrected chi connectivity index (χ3v) is 2.95. The topological polar surface area (TPSA) is 24.1 Å². The van der Waals surface area contributed by atoms with Gasteiger partial charge < -0.3 is 10.6 Å². The van der Waals surface area contributed by atoms with Crippen molar-refractivity contribution < 1.29 is 8.78 Å². The molecule has 0 aliphatic heterocycles. The van der Waals surface area contributed by atoms with Gasteiger partial charge in [-0.25, -0.2) is 8.78 Å². The SMILES string of the molecule is CC(CNC1CC1)NCc1ccc(F)cc1F. The van der Waals surface area contributed by atoms with Crippen molar-refractivity contribution in [3.8, 4) is 0 Å². The summed E-state index contributed by atoms with van der Waals surface area (Å²) < 4.78 is 26.0. The summed E-state index contributed by atoms with van der Waals surface area (Å²) in [6.07, 6.45) is 2.53. The van der Waals surface area contributed by atoms with Crippen molar-refractivity contribution in [2.75, 3.05) is 6.54 Å². The molecular formula is C13H18F2N2. The molecule has 1 aromatic rings. The number of hydrogen-bond acceptors (Lipinski definition) is 2. The van der Waals surface area contributed by atoms with Crippen LogP contribution in [0.3, 0.4) is 0 Å². The monoisotopic (exact) mass is 240 g/mol. The molecule has 1 aliphatic carbocycles. The second kappa shape index (κ2) is 5.56. The predicted molar refractivity (Wildman–Crippen MR) is 63.7 cm³/mol. The lowest BCUT2D eigenvalue weighted by molar-refractivity contribution is 0.488. The molecule has 1 atom stereocenters. The highest BCUT2D eigenvalue weighted by Gasteiger charge is 2.20. The van der Waals surface area contributed by atoms with Gasteiger partial charge in [-0.1, -0.05) is 6.07 Å². The third-order valence-electron chi connectivity index (χ3n) is 2.95. The van der Waals surface area contributed by atoms with E-state index in [2.05, 4.69) is 17.6 Å². The average Bonchev–Trinajstić information content (AvgIpc) is 3.09. The molecule has 0 radical (unpaired) electrons. The molecule has 1 saturated carbocycles. The van der Waals surface area contributed by atoms with Gasteiger partial charge in [-0.05, 0) is 25.8 Å². The smallest absolute Gasteiger partial charge is 0.130 e. The highest BCUT2D eigenvalue weighted by atomic mass is 19.1. The molecule has 17 heavy (non-hydrogen) atoms. The van der Waals surface area contributed by atoms with E-state index in [-0.39, 0.29) is 6.04 Å². The maximum absolute atomic E-state index is 13.3. The zero-order chi connectivity index (χ0) is 12.3. The van der Waals surface area contributed by atoms with Crippen LogP contribution in [0.5, 0.6) is 0 Å². The molecule has 1 aromatic carbocycles.